The monoisotopic (exact) mass is 331 g/mol. The largest absolute Gasteiger partial charge is 0.389 e. The maximum atomic E-state index is 13.5. The molecular formula is C13H18FN3O2S2. The van der Waals surface area contributed by atoms with Crippen molar-refractivity contribution < 1.29 is 12.8 Å². The number of hydrogen-bond donors (Lipinski definition) is 1. The number of benzene rings is 1. The van der Waals surface area contributed by atoms with Gasteiger partial charge in [-0.05, 0) is 17.7 Å². The molecule has 1 heterocycles. The first-order valence-electron chi connectivity index (χ1n) is 6.53. The lowest BCUT2D eigenvalue weighted by molar-refractivity contribution is 0.182. The topological polar surface area (TPSA) is 66.6 Å². The maximum Gasteiger partial charge on any atom is 0.211 e. The summed E-state index contributed by atoms with van der Waals surface area (Å²) >= 11 is 4.82. The van der Waals surface area contributed by atoms with Crippen molar-refractivity contribution in [2.45, 2.75) is 6.54 Å². The molecule has 21 heavy (non-hydrogen) atoms. The van der Waals surface area contributed by atoms with Crippen molar-refractivity contribution in [1.82, 2.24) is 9.21 Å². The van der Waals surface area contributed by atoms with Crippen molar-refractivity contribution in [3.05, 3.63) is 35.1 Å². The molecule has 0 saturated carbocycles. The summed E-state index contributed by atoms with van der Waals surface area (Å²) in [7, 11) is -3.12. The van der Waals surface area contributed by atoms with E-state index < -0.39 is 15.8 Å². The van der Waals surface area contributed by atoms with Gasteiger partial charge >= 0.3 is 0 Å². The molecule has 0 atom stereocenters. The van der Waals surface area contributed by atoms with Crippen molar-refractivity contribution >= 4 is 27.2 Å². The summed E-state index contributed by atoms with van der Waals surface area (Å²) in [5.74, 6) is -0.423. The number of nitrogens with zero attached hydrogens (tertiary/aromatic N) is 2. The fourth-order valence-electron chi connectivity index (χ4n) is 2.34. The van der Waals surface area contributed by atoms with E-state index in [-0.39, 0.29) is 10.6 Å². The molecule has 0 aromatic heterocycles. The molecular weight excluding hydrogens is 313 g/mol. The van der Waals surface area contributed by atoms with E-state index in [1.54, 1.807) is 12.1 Å². The summed E-state index contributed by atoms with van der Waals surface area (Å²) in [6, 6.07) is 4.71. The highest BCUT2D eigenvalue weighted by atomic mass is 32.2. The standard InChI is InChI=1S/C13H18FN3O2S2/c1-21(18,19)17-6-4-16(5-7-17)9-10-2-3-12(14)11(8-10)13(15)20/h2-3,8H,4-7,9H2,1H3,(H2,15,20). The molecule has 8 heteroatoms. The molecule has 0 amide bonds. The zero-order valence-electron chi connectivity index (χ0n) is 11.8. The first-order valence-corrected chi connectivity index (χ1v) is 8.79. The molecule has 0 spiro atoms. The Hall–Kier alpha value is -1.09. The second-order valence-corrected chi connectivity index (χ2v) is 7.54. The molecule has 116 valence electrons. The van der Waals surface area contributed by atoms with Crippen molar-refractivity contribution in [2.75, 3.05) is 32.4 Å². The lowest BCUT2D eigenvalue weighted by Crippen LogP contribution is -2.47. The van der Waals surface area contributed by atoms with Crippen LogP contribution in [0.5, 0.6) is 0 Å². The predicted molar refractivity (Wildman–Crippen MR) is 84.0 cm³/mol. The zero-order valence-corrected chi connectivity index (χ0v) is 13.4. The Kier molecular flexibility index (Phi) is 4.92. The van der Waals surface area contributed by atoms with Gasteiger partial charge in [0.1, 0.15) is 10.8 Å². The second-order valence-electron chi connectivity index (χ2n) is 5.12. The van der Waals surface area contributed by atoms with Crippen LogP contribution in [0.25, 0.3) is 0 Å². The van der Waals surface area contributed by atoms with Gasteiger partial charge in [0.25, 0.3) is 0 Å². The average molecular weight is 331 g/mol. The number of hydrogen-bond acceptors (Lipinski definition) is 4. The molecule has 0 radical (unpaired) electrons. The Morgan fingerprint density at radius 2 is 1.95 bits per heavy atom. The minimum Gasteiger partial charge on any atom is -0.389 e. The Balaban J connectivity index is 2.01. The summed E-state index contributed by atoms with van der Waals surface area (Å²) < 4.78 is 37.9. The van der Waals surface area contributed by atoms with Crippen LogP contribution in [-0.2, 0) is 16.6 Å². The van der Waals surface area contributed by atoms with Gasteiger partial charge in [-0.2, -0.15) is 4.31 Å². The van der Waals surface area contributed by atoms with E-state index in [0.717, 1.165) is 5.56 Å². The molecule has 0 unspecified atom stereocenters. The third kappa shape index (κ3) is 4.19. The van der Waals surface area contributed by atoms with Crippen LogP contribution in [-0.4, -0.2) is 55.0 Å². The van der Waals surface area contributed by atoms with Gasteiger partial charge in [0.2, 0.25) is 10.0 Å². The number of piperazine rings is 1. The smallest absolute Gasteiger partial charge is 0.211 e. The molecule has 5 nitrogen and oxygen atoms in total. The van der Waals surface area contributed by atoms with Gasteiger partial charge in [0, 0.05) is 38.3 Å². The lowest BCUT2D eigenvalue weighted by Gasteiger charge is -2.33. The highest BCUT2D eigenvalue weighted by Crippen LogP contribution is 2.14. The molecule has 0 aliphatic carbocycles. The molecule has 1 aromatic rings. The first kappa shape index (κ1) is 16.3. The van der Waals surface area contributed by atoms with Crippen LogP contribution in [0.4, 0.5) is 4.39 Å². The van der Waals surface area contributed by atoms with E-state index in [0.29, 0.717) is 32.7 Å². The molecule has 1 aliphatic heterocycles. The van der Waals surface area contributed by atoms with E-state index in [2.05, 4.69) is 4.90 Å². The van der Waals surface area contributed by atoms with Gasteiger partial charge in [-0.1, -0.05) is 18.3 Å². The molecule has 1 aliphatic rings. The second kappa shape index (κ2) is 6.35. The molecule has 1 saturated heterocycles. The summed E-state index contributed by atoms with van der Waals surface area (Å²) in [6.45, 7) is 2.86. The van der Waals surface area contributed by atoms with Crippen LogP contribution in [0.15, 0.2) is 18.2 Å². The van der Waals surface area contributed by atoms with Gasteiger partial charge in [-0.15, -0.1) is 0 Å². The SMILES string of the molecule is CS(=O)(=O)N1CCN(Cc2ccc(F)c(C(N)=S)c2)CC1. The quantitative estimate of drug-likeness (QED) is 0.816. The number of halogens is 1. The van der Waals surface area contributed by atoms with E-state index in [4.69, 9.17) is 18.0 Å². The van der Waals surface area contributed by atoms with Crippen LogP contribution in [0.1, 0.15) is 11.1 Å². The van der Waals surface area contributed by atoms with Crippen molar-refractivity contribution in [1.29, 1.82) is 0 Å². The Morgan fingerprint density at radius 1 is 1.33 bits per heavy atom. The molecule has 1 aromatic carbocycles. The maximum absolute atomic E-state index is 13.5. The summed E-state index contributed by atoms with van der Waals surface area (Å²) in [6.07, 6.45) is 1.22. The minimum absolute atomic E-state index is 0.0382. The highest BCUT2D eigenvalue weighted by Gasteiger charge is 2.23. The van der Waals surface area contributed by atoms with Gasteiger partial charge in [-0.25, -0.2) is 12.8 Å². The number of rotatable bonds is 4. The highest BCUT2D eigenvalue weighted by molar-refractivity contribution is 7.88. The van der Waals surface area contributed by atoms with E-state index in [1.165, 1.54) is 16.6 Å². The van der Waals surface area contributed by atoms with Crippen LogP contribution in [0.3, 0.4) is 0 Å². The third-order valence-electron chi connectivity index (χ3n) is 3.50. The molecule has 2 N–H and O–H groups in total. The predicted octanol–water partition coefficient (Wildman–Crippen LogP) is 0.537. The first-order chi connectivity index (χ1) is 9.77. The number of sulfonamides is 1. The van der Waals surface area contributed by atoms with Gasteiger partial charge < -0.3 is 5.73 Å². The summed E-state index contributed by atoms with van der Waals surface area (Å²) in [5, 5.41) is 0. The zero-order chi connectivity index (χ0) is 15.6. The van der Waals surface area contributed by atoms with E-state index in [9.17, 15) is 12.8 Å². The van der Waals surface area contributed by atoms with Crippen LogP contribution < -0.4 is 5.73 Å². The Bertz CT molecular complexity index is 641. The van der Waals surface area contributed by atoms with Crippen molar-refractivity contribution in [3.8, 4) is 0 Å². The fraction of sp³-hybridized carbons (Fsp3) is 0.462. The van der Waals surface area contributed by atoms with Crippen LogP contribution in [0.2, 0.25) is 0 Å². The normalized spacial score (nSPS) is 17.8. The minimum atomic E-state index is -3.12. The van der Waals surface area contributed by atoms with Crippen LogP contribution >= 0.6 is 12.2 Å². The van der Waals surface area contributed by atoms with E-state index in [1.807, 2.05) is 0 Å². The average Bonchev–Trinajstić information content (AvgIpc) is 2.40. The van der Waals surface area contributed by atoms with Gasteiger partial charge in [-0.3, -0.25) is 4.90 Å². The third-order valence-corrected chi connectivity index (χ3v) is 5.03. The molecule has 1 fully saturated rings. The Morgan fingerprint density at radius 3 is 2.48 bits per heavy atom. The number of nitrogens with two attached hydrogens (primary N) is 1. The number of thiocarbonyl (C=S) groups is 1. The summed E-state index contributed by atoms with van der Waals surface area (Å²) in [4.78, 5) is 2.16. The fourth-order valence-corrected chi connectivity index (χ4v) is 3.32. The van der Waals surface area contributed by atoms with Gasteiger partial charge in [0.15, 0.2) is 0 Å². The van der Waals surface area contributed by atoms with Gasteiger partial charge in [0.05, 0.1) is 6.26 Å². The van der Waals surface area contributed by atoms with Crippen LogP contribution in [0, 0.1) is 5.82 Å². The Labute approximate surface area is 129 Å². The van der Waals surface area contributed by atoms with E-state index >= 15 is 0 Å². The summed E-state index contributed by atoms with van der Waals surface area (Å²) in [5.41, 5.74) is 6.64. The molecule has 0 bridgehead atoms. The molecule has 2 rings (SSSR count). The lowest BCUT2D eigenvalue weighted by atomic mass is 10.1. The van der Waals surface area contributed by atoms with Crippen molar-refractivity contribution in [3.63, 3.8) is 0 Å². The van der Waals surface area contributed by atoms with Crippen molar-refractivity contribution in [2.24, 2.45) is 5.73 Å².